The number of carbonyl (C=O) groups is 1. The molecular weight excluding hydrogens is 248 g/mol. The average Bonchev–Trinajstić information content (AvgIpc) is 2.44. The lowest BCUT2D eigenvalue weighted by Gasteiger charge is -2.42. The Labute approximate surface area is 112 Å². The van der Waals surface area contributed by atoms with Gasteiger partial charge in [0.2, 0.25) is 0 Å². The zero-order valence-corrected chi connectivity index (χ0v) is 11.0. The van der Waals surface area contributed by atoms with Crippen molar-refractivity contribution in [1.82, 2.24) is 0 Å². The minimum Gasteiger partial charge on any atom is -0.467 e. The minimum atomic E-state index is -0.891. The van der Waals surface area contributed by atoms with Crippen molar-refractivity contribution in [3.63, 3.8) is 0 Å². The van der Waals surface area contributed by atoms with Crippen LogP contribution in [0.15, 0.2) is 30.3 Å². The van der Waals surface area contributed by atoms with Crippen LogP contribution in [0.4, 0.5) is 0 Å². The zero-order valence-electron chi connectivity index (χ0n) is 11.0. The van der Waals surface area contributed by atoms with Crippen LogP contribution >= 0.6 is 0 Å². The quantitative estimate of drug-likeness (QED) is 0.802. The molecule has 0 radical (unpaired) electrons. The maximum atomic E-state index is 11.2. The molecule has 104 valence electrons. The summed E-state index contributed by atoms with van der Waals surface area (Å²) in [4.78, 5) is 11.2. The molecule has 1 aromatic carbocycles. The normalized spacial score (nSPS) is 27.4. The van der Waals surface area contributed by atoms with Gasteiger partial charge in [0.1, 0.15) is 12.2 Å². The van der Waals surface area contributed by atoms with Crippen molar-refractivity contribution < 1.29 is 24.1 Å². The molecule has 0 aromatic heterocycles. The van der Waals surface area contributed by atoms with Gasteiger partial charge >= 0.3 is 5.97 Å². The fourth-order valence-corrected chi connectivity index (χ4v) is 2.01. The molecule has 0 spiro atoms. The van der Waals surface area contributed by atoms with E-state index in [4.69, 9.17) is 9.47 Å². The Kier molecular flexibility index (Phi) is 4.52. The largest absolute Gasteiger partial charge is 0.467 e. The second-order valence-electron chi connectivity index (χ2n) is 4.54. The van der Waals surface area contributed by atoms with E-state index in [1.54, 1.807) is 0 Å². The third-order valence-corrected chi connectivity index (χ3v) is 3.20. The lowest BCUT2D eigenvalue weighted by molar-refractivity contribution is -0.259. The van der Waals surface area contributed by atoms with E-state index in [-0.39, 0.29) is 6.10 Å². The summed E-state index contributed by atoms with van der Waals surface area (Å²) in [6.07, 6.45) is -2.56. The zero-order chi connectivity index (χ0) is 13.8. The van der Waals surface area contributed by atoms with E-state index >= 15 is 0 Å². The number of methoxy groups -OCH3 is 1. The van der Waals surface area contributed by atoms with Crippen LogP contribution in [0.3, 0.4) is 0 Å². The molecule has 19 heavy (non-hydrogen) atoms. The second kappa shape index (κ2) is 6.14. The van der Waals surface area contributed by atoms with Gasteiger partial charge in [-0.25, -0.2) is 4.79 Å². The molecule has 0 unspecified atom stereocenters. The standard InChI is InChI=1S/C14H18O5/c1-9(18-8-10-6-4-3-5-7-10)12-11(15)13(19-12)14(16)17-2/h3-7,9,11-13,15H,8H2,1-2H3/t9-,11+,12-,13+/m0/s1. The molecule has 5 heteroatoms. The van der Waals surface area contributed by atoms with Gasteiger partial charge in [-0.05, 0) is 12.5 Å². The molecule has 2 rings (SSSR count). The molecule has 0 bridgehead atoms. The first-order valence-corrected chi connectivity index (χ1v) is 6.20. The minimum absolute atomic E-state index is 0.295. The van der Waals surface area contributed by atoms with Crippen LogP contribution in [-0.4, -0.2) is 42.6 Å². The highest BCUT2D eigenvalue weighted by Gasteiger charge is 2.49. The molecular formula is C14H18O5. The summed E-state index contributed by atoms with van der Waals surface area (Å²) in [7, 11) is 1.26. The van der Waals surface area contributed by atoms with Crippen LogP contribution in [0.1, 0.15) is 12.5 Å². The molecule has 1 fully saturated rings. The van der Waals surface area contributed by atoms with E-state index in [2.05, 4.69) is 4.74 Å². The third-order valence-electron chi connectivity index (χ3n) is 3.20. The molecule has 1 aliphatic rings. The Hall–Kier alpha value is -1.43. The number of esters is 1. The molecule has 1 aliphatic heterocycles. The summed E-state index contributed by atoms with van der Waals surface area (Å²) < 4.78 is 15.4. The topological polar surface area (TPSA) is 65.0 Å². The highest BCUT2D eigenvalue weighted by molar-refractivity contribution is 5.76. The van der Waals surface area contributed by atoms with Gasteiger partial charge < -0.3 is 19.3 Å². The predicted octanol–water partition coefficient (Wildman–Crippen LogP) is 0.893. The Bertz CT molecular complexity index is 419. The van der Waals surface area contributed by atoms with Crippen LogP contribution in [0.2, 0.25) is 0 Å². The van der Waals surface area contributed by atoms with Crippen molar-refractivity contribution in [1.29, 1.82) is 0 Å². The number of hydrogen-bond donors (Lipinski definition) is 1. The highest BCUT2D eigenvalue weighted by atomic mass is 16.6. The second-order valence-corrected chi connectivity index (χ2v) is 4.54. The van der Waals surface area contributed by atoms with Crippen LogP contribution in [-0.2, 0) is 25.6 Å². The van der Waals surface area contributed by atoms with Gasteiger partial charge in [-0.2, -0.15) is 0 Å². The fourth-order valence-electron chi connectivity index (χ4n) is 2.01. The van der Waals surface area contributed by atoms with E-state index in [1.807, 2.05) is 37.3 Å². The van der Waals surface area contributed by atoms with Crippen LogP contribution in [0, 0.1) is 0 Å². The predicted molar refractivity (Wildman–Crippen MR) is 67.4 cm³/mol. The van der Waals surface area contributed by atoms with Crippen molar-refractivity contribution in [2.24, 2.45) is 0 Å². The summed E-state index contributed by atoms with van der Waals surface area (Å²) in [6.45, 7) is 2.25. The molecule has 0 aliphatic carbocycles. The first-order chi connectivity index (χ1) is 9.13. The van der Waals surface area contributed by atoms with Gasteiger partial charge in [-0.3, -0.25) is 0 Å². The van der Waals surface area contributed by atoms with Crippen molar-refractivity contribution in [2.45, 2.75) is 37.9 Å². The van der Waals surface area contributed by atoms with E-state index in [9.17, 15) is 9.90 Å². The third kappa shape index (κ3) is 3.12. The summed E-state index contributed by atoms with van der Waals surface area (Å²) in [6, 6.07) is 9.73. The Morgan fingerprint density at radius 1 is 1.42 bits per heavy atom. The van der Waals surface area contributed by atoms with E-state index in [1.165, 1.54) is 7.11 Å². The first-order valence-electron chi connectivity index (χ1n) is 6.20. The lowest BCUT2D eigenvalue weighted by Crippen LogP contribution is -2.62. The van der Waals surface area contributed by atoms with Gasteiger partial charge in [0.15, 0.2) is 6.10 Å². The Balaban J connectivity index is 1.79. The molecule has 0 amide bonds. The maximum absolute atomic E-state index is 11.2. The maximum Gasteiger partial charge on any atom is 0.337 e. The Morgan fingerprint density at radius 2 is 2.11 bits per heavy atom. The number of aliphatic hydroxyl groups excluding tert-OH is 1. The van der Waals surface area contributed by atoms with Crippen molar-refractivity contribution in [3.8, 4) is 0 Å². The van der Waals surface area contributed by atoms with Gasteiger partial charge in [0, 0.05) is 0 Å². The van der Waals surface area contributed by atoms with Gasteiger partial charge in [-0.15, -0.1) is 0 Å². The molecule has 0 saturated carbocycles. The van der Waals surface area contributed by atoms with Crippen molar-refractivity contribution in [3.05, 3.63) is 35.9 Å². The average molecular weight is 266 g/mol. The Morgan fingerprint density at radius 3 is 2.68 bits per heavy atom. The monoisotopic (exact) mass is 266 g/mol. The van der Waals surface area contributed by atoms with Crippen LogP contribution in [0.25, 0.3) is 0 Å². The smallest absolute Gasteiger partial charge is 0.337 e. The lowest BCUT2D eigenvalue weighted by atomic mass is 9.97. The number of aliphatic hydroxyl groups is 1. The molecule has 1 N–H and O–H groups in total. The summed E-state index contributed by atoms with van der Waals surface area (Å²) >= 11 is 0. The summed E-state index contributed by atoms with van der Waals surface area (Å²) in [5.74, 6) is -0.556. The van der Waals surface area contributed by atoms with Crippen molar-refractivity contribution >= 4 is 5.97 Å². The summed E-state index contributed by atoms with van der Waals surface area (Å²) in [5, 5.41) is 9.83. The van der Waals surface area contributed by atoms with Crippen LogP contribution < -0.4 is 0 Å². The number of rotatable bonds is 5. The van der Waals surface area contributed by atoms with E-state index in [0.29, 0.717) is 6.61 Å². The number of ether oxygens (including phenoxy) is 3. The molecule has 1 heterocycles. The van der Waals surface area contributed by atoms with E-state index in [0.717, 1.165) is 5.56 Å². The van der Waals surface area contributed by atoms with Crippen molar-refractivity contribution in [2.75, 3.05) is 7.11 Å². The molecule has 1 saturated heterocycles. The van der Waals surface area contributed by atoms with Gasteiger partial charge in [0.25, 0.3) is 0 Å². The first kappa shape index (κ1) is 14.0. The van der Waals surface area contributed by atoms with Gasteiger partial charge in [-0.1, -0.05) is 30.3 Å². The number of hydrogen-bond acceptors (Lipinski definition) is 5. The number of carbonyl (C=O) groups excluding carboxylic acids is 1. The highest BCUT2D eigenvalue weighted by Crippen LogP contribution is 2.27. The fraction of sp³-hybridized carbons (Fsp3) is 0.500. The van der Waals surface area contributed by atoms with Crippen LogP contribution in [0.5, 0.6) is 0 Å². The molecule has 1 aromatic rings. The molecule has 5 nitrogen and oxygen atoms in total. The van der Waals surface area contributed by atoms with Gasteiger partial charge in [0.05, 0.1) is 19.8 Å². The SMILES string of the molecule is COC(=O)[C@@H]1O[C@@H]([C@H](C)OCc2ccccc2)[C@H]1O. The number of benzene rings is 1. The summed E-state index contributed by atoms with van der Waals surface area (Å²) in [5.41, 5.74) is 1.05. The van der Waals surface area contributed by atoms with E-state index < -0.39 is 24.3 Å². The molecule has 4 atom stereocenters.